The van der Waals surface area contributed by atoms with Crippen LogP contribution in [-0.2, 0) is 4.74 Å². The molecule has 1 aliphatic carbocycles. The highest BCUT2D eigenvalue weighted by molar-refractivity contribution is 5.23. The van der Waals surface area contributed by atoms with Crippen molar-refractivity contribution in [2.24, 2.45) is 0 Å². The number of hydrogen-bond acceptors (Lipinski definition) is 3. The Kier molecular flexibility index (Phi) is 3.16. The van der Waals surface area contributed by atoms with E-state index in [4.69, 9.17) is 4.74 Å². The molecule has 1 aromatic rings. The lowest BCUT2D eigenvalue weighted by Crippen LogP contribution is -2.51. The van der Waals surface area contributed by atoms with E-state index in [0.717, 1.165) is 31.2 Å². The van der Waals surface area contributed by atoms with Crippen LogP contribution in [0, 0.1) is 0 Å². The molecule has 3 rings (SSSR count). The van der Waals surface area contributed by atoms with Gasteiger partial charge in [-0.1, -0.05) is 36.8 Å². The Morgan fingerprint density at radius 3 is 2.37 bits per heavy atom. The highest BCUT2D eigenvalue weighted by Crippen LogP contribution is 2.51. The Morgan fingerprint density at radius 1 is 1.11 bits per heavy atom. The van der Waals surface area contributed by atoms with E-state index in [1.807, 2.05) is 18.2 Å². The lowest BCUT2D eigenvalue weighted by atomic mass is 9.89. The largest absolute Gasteiger partial charge is 0.348 e. The van der Waals surface area contributed by atoms with Crippen LogP contribution in [0.2, 0.25) is 0 Å². The summed E-state index contributed by atoms with van der Waals surface area (Å²) >= 11 is 0. The standard InChI is InChI=1S/C16H23NO2/c1-15(2)14(13-9-5-3-6-10-13)19-16(17(15)18)11-7-4-8-12-16/h3,5-6,9-10,14,18H,4,7-8,11-12H2,1-2H3. The first-order chi connectivity index (χ1) is 9.06. The number of hydrogen-bond donors (Lipinski definition) is 1. The summed E-state index contributed by atoms with van der Waals surface area (Å²) in [6, 6.07) is 10.2. The second-order valence-corrected chi connectivity index (χ2v) is 6.38. The summed E-state index contributed by atoms with van der Waals surface area (Å²) in [4.78, 5) is 0. The Bertz CT molecular complexity index is 437. The fourth-order valence-electron chi connectivity index (χ4n) is 3.59. The van der Waals surface area contributed by atoms with Crippen LogP contribution in [0.3, 0.4) is 0 Å². The SMILES string of the molecule is CC1(C)C(c2ccccc2)OC2(CCCCC2)N1O. The molecule has 0 amide bonds. The molecule has 3 nitrogen and oxygen atoms in total. The van der Waals surface area contributed by atoms with Gasteiger partial charge in [-0.3, -0.25) is 0 Å². The third kappa shape index (κ3) is 2.00. The number of benzene rings is 1. The molecule has 2 fully saturated rings. The molecule has 0 aromatic heterocycles. The molecule has 1 spiro atoms. The summed E-state index contributed by atoms with van der Waals surface area (Å²) in [5.74, 6) is 0. The zero-order valence-corrected chi connectivity index (χ0v) is 11.8. The predicted octanol–water partition coefficient (Wildman–Crippen LogP) is 3.89. The van der Waals surface area contributed by atoms with E-state index in [9.17, 15) is 5.21 Å². The molecular formula is C16H23NO2. The molecule has 19 heavy (non-hydrogen) atoms. The Hall–Kier alpha value is -0.900. The van der Waals surface area contributed by atoms with Crippen molar-refractivity contribution < 1.29 is 9.94 Å². The third-order valence-electron chi connectivity index (χ3n) is 4.65. The van der Waals surface area contributed by atoms with Gasteiger partial charge in [0.1, 0.15) is 11.8 Å². The van der Waals surface area contributed by atoms with Crippen LogP contribution in [0.15, 0.2) is 30.3 Å². The van der Waals surface area contributed by atoms with Gasteiger partial charge in [0.25, 0.3) is 0 Å². The van der Waals surface area contributed by atoms with Crippen molar-refractivity contribution in [2.45, 2.75) is 63.3 Å². The zero-order valence-electron chi connectivity index (χ0n) is 11.8. The van der Waals surface area contributed by atoms with Crippen molar-refractivity contribution in [3.05, 3.63) is 35.9 Å². The Morgan fingerprint density at radius 2 is 1.74 bits per heavy atom. The molecule has 1 atom stereocenters. The van der Waals surface area contributed by atoms with Crippen LogP contribution in [0.4, 0.5) is 0 Å². The first kappa shape index (κ1) is 13.1. The highest BCUT2D eigenvalue weighted by atomic mass is 16.6. The van der Waals surface area contributed by atoms with Gasteiger partial charge >= 0.3 is 0 Å². The van der Waals surface area contributed by atoms with Crippen LogP contribution < -0.4 is 0 Å². The second-order valence-electron chi connectivity index (χ2n) is 6.38. The van der Waals surface area contributed by atoms with Crippen molar-refractivity contribution in [3.8, 4) is 0 Å². The molecule has 104 valence electrons. The van der Waals surface area contributed by atoms with Crippen LogP contribution >= 0.6 is 0 Å². The number of nitrogens with zero attached hydrogens (tertiary/aromatic N) is 1. The molecule has 1 heterocycles. The van der Waals surface area contributed by atoms with Crippen LogP contribution in [-0.4, -0.2) is 21.5 Å². The van der Waals surface area contributed by atoms with E-state index >= 15 is 0 Å². The average molecular weight is 261 g/mol. The van der Waals surface area contributed by atoms with Crippen LogP contribution in [0.1, 0.15) is 57.6 Å². The molecule has 0 bridgehead atoms. The molecule has 2 aliphatic rings. The normalized spacial score (nSPS) is 29.7. The summed E-state index contributed by atoms with van der Waals surface area (Å²) < 4.78 is 6.38. The molecule has 1 aliphatic heterocycles. The lowest BCUT2D eigenvalue weighted by Gasteiger charge is -2.39. The van der Waals surface area contributed by atoms with Gasteiger partial charge in [0.05, 0.1) is 5.54 Å². The van der Waals surface area contributed by atoms with Gasteiger partial charge in [0.15, 0.2) is 0 Å². The fraction of sp³-hybridized carbons (Fsp3) is 0.625. The predicted molar refractivity (Wildman–Crippen MR) is 73.8 cm³/mol. The highest BCUT2D eigenvalue weighted by Gasteiger charge is 2.57. The molecule has 1 unspecified atom stereocenters. The summed E-state index contributed by atoms with van der Waals surface area (Å²) in [6.07, 6.45) is 5.29. The summed E-state index contributed by atoms with van der Waals surface area (Å²) in [6.45, 7) is 4.13. The van der Waals surface area contributed by atoms with Crippen molar-refractivity contribution in [2.75, 3.05) is 0 Å². The fourth-order valence-corrected chi connectivity index (χ4v) is 3.59. The zero-order chi connectivity index (χ0) is 13.5. The topological polar surface area (TPSA) is 32.7 Å². The Balaban J connectivity index is 1.94. The van der Waals surface area contributed by atoms with Gasteiger partial charge in [-0.15, -0.1) is 0 Å². The van der Waals surface area contributed by atoms with Gasteiger partial charge in [0.2, 0.25) is 0 Å². The first-order valence-electron chi connectivity index (χ1n) is 7.28. The Labute approximate surface area is 115 Å². The maximum Gasteiger partial charge on any atom is 0.145 e. The van der Waals surface area contributed by atoms with E-state index in [-0.39, 0.29) is 6.10 Å². The van der Waals surface area contributed by atoms with Crippen LogP contribution in [0.25, 0.3) is 0 Å². The van der Waals surface area contributed by atoms with E-state index in [1.54, 1.807) is 0 Å². The molecule has 3 heteroatoms. The average Bonchev–Trinajstić information content (AvgIpc) is 2.63. The monoisotopic (exact) mass is 261 g/mol. The summed E-state index contributed by atoms with van der Waals surface area (Å²) in [5, 5.41) is 12.2. The van der Waals surface area contributed by atoms with E-state index < -0.39 is 11.3 Å². The molecule has 1 saturated carbocycles. The number of ether oxygens (including phenoxy) is 1. The summed E-state index contributed by atoms with van der Waals surface area (Å²) in [7, 11) is 0. The maximum absolute atomic E-state index is 10.7. The van der Waals surface area contributed by atoms with Gasteiger partial charge < -0.3 is 9.94 Å². The molecule has 1 aromatic carbocycles. The molecule has 0 radical (unpaired) electrons. The smallest absolute Gasteiger partial charge is 0.145 e. The molecule has 1 N–H and O–H groups in total. The lowest BCUT2D eigenvalue weighted by molar-refractivity contribution is -0.261. The van der Waals surface area contributed by atoms with Gasteiger partial charge in [0, 0.05) is 0 Å². The van der Waals surface area contributed by atoms with Crippen molar-refractivity contribution >= 4 is 0 Å². The second kappa shape index (κ2) is 4.58. The van der Waals surface area contributed by atoms with Gasteiger partial charge in [-0.05, 0) is 45.1 Å². The van der Waals surface area contributed by atoms with Crippen molar-refractivity contribution in [3.63, 3.8) is 0 Å². The van der Waals surface area contributed by atoms with Crippen molar-refractivity contribution in [1.29, 1.82) is 0 Å². The van der Waals surface area contributed by atoms with Crippen molar-refractivity contribution in [1.82, 2.24) is 5.06 Å². The van der Waals surface area contributed by atoms with E-state index in [0.29, 0.717) is 0 Å². The minimum atomic E-state index is -0.470. The van der Waals surface area contributed by atoms with Gasteiger partial charge in [-0.25, -0.2) is 0 Å². The number of rotatable bonds is 1. The van der Waals surface area contributed by atoms with E-state index in [1.165, 1.54) is 11.5 Å². The quantitative estimate of drug-likeness (QED) is 0.832. The number of hydroxylamine groups is 2. The first-order valence-corrected chi connectivity index (χ1v) is 7.28. The summed E-state index contributed by atoms with van der Waals surface area (Å²) in [5.41, 5.74) is 0.287. The minimum Gasteiger partial charge on any atom is -0.348 e. The van der Waals surface area contributed by atoms with E-state index in [2.05, 4.69) is 26.0 Å². The van der Waals surface area contributed by atoms with Crippen LogP contribution in [0.5, 0.6) is 0 Å². The van der Waals surface area contributed by atoms with Gasteiger partial charge in [-0.2, -0.15) is 5.06 Å². The molecular weight excluding hydrogens is 238 g/mol. The minimum absolute atomic E-state index is 0.0724. The molecule has 1 saturated heterocycles. The third-order valence-corrected chi connectivity index (χ3v) is 4.65. The maximum atomic E-state index is 10.7.